The van der Waals surface area contributed by atoms with Crippen molar-refractivity contribution in [2.24, 2.45) is 0 Å². The fraction of sp³-hybridized carbons (Fsp3) is 0.278. The topological polar surface area (TPSA) is 62.3 Å². The van der Waals surface area contributed by atoms with E-state index in [-0.39, 0.29) is 18.2 Å². The third kappa shape index (κ3) is 3.41. The van der Waals surface area contributed by atoms with E-state index < -0.39 is 6.04 Å². The summed E-state index contributed by atoms with van der Waals surface area (Å²) >= 11 is 6.24. The summed E-state index contributed by atoms with van der Waals surface area (Å²) in [6.07, 6.45) is 1.91. The van der Waals surface area contributed by atoms with Crippen molar-refractivity contribution < 1.29 is 9.59 Å². The molecule has 1 N–H and O–H groups in total. The summed E-state index contributed by atoms with van der Waals surface area (Å²) in [7, 11) is 0. The molecule has 0 unspecified atom stereocenters. The molecule has 5 nitrogen and oxygen atoms in total. The molecule has 1 saturated heterocycles. The highest BCUT2D eigenvalue weighted by atomic mass is 35.5. The molecular formula is C18H18ClN3O2. The zero-order valence-electron chi connectivity index (χ0n) is 13.3. The van der Waals surface area contributed by atoms with E-state index in [2.05, 4.69) is 10.3 Å². The lowest BCUT2D eigenvalue weighted by molar-refractivity contribution is -0.143. The summed E-state index contributed by atoms with van der Waals surface area (Å²) in [5, 5.41) is 3.29. The van der Waals surface area contributed by atoms with Crippen LogP contribution in [-0.2, 0) is 16.0 Å². The third-order valence-electron chi connectivity index (χ3n) is 4.06. The number of benzene rings is 1. The van der Waals surface area contributed by atoms with E-state index in [1.165, 1.54) is 0 Å². The Balaban J connectivity index is 1.86. The van der Waals surface area contributed by atoms with E-state index in [0.717, 1.165) is 11.3 Å². The van der Waals surface area contributed by atoms with Gasteiger partial charge in [0.25, 0.3) is 0 Å². The number of aryl methyl sites for hydroxylation is 1. The molecule has 1 atom stereocenters. The monoisotopic (exact) mass is 343 g/mol. The fourth-order valence-corrected chi connectivity index (χ4v) is 3.06. The van der Waals surface area contributed by atoms with Crippen molar-refractivity contribution in [3.8, 4) is 0 Å². The Kier molecular flexibility index (Phi) is 4.81. The van der Waals surface area contributed by atoms with Gasteiger partial charge in [-0.25, -0.2) is 0 Å². The van der Waals surface area contributed by atoms with Crippen LogP contribution in [0.3, 0.4) is 0 Å². The minimum absolute atomic E-state index is 0.111. The lowest BCUT2D eigenvalue weighted by atomic mass is 10.0. The van der Waals surface area contributed by atoms with Crippen LogP contribution in [0.25, 0.3) is 0 Å². The van der Waals surface area contributed by atoms with Crippen molar-refractivity contribution in [1.29, 1.82) is 0 Å². The molecule has 0 saturated carbocycles. The van der Waals surface area contributed by atoms with Crippen molar-refractivity contribution in [3.63, 3.8) is 0 Å². The van der Waals surface area contributed by atoms with Crippen LogP contribution in [0.15, 0.2) is 42.6 Å². The Morgan fingerprint density at radius 1 is 1.33 bits per heavy atom. The standard InChI is InChI=1S/C18H18ClN3O2/c1-12-6-7-13(11-21-12)10-16(23)22-9-8-20-18(24)17(22)14-4-2-3-5-15(14)19/h2-7,11,17H,8-10H2,1H3,(H,20,24)/t17-/m0/s1. The van der Waals surface area contributed by atoms with Crippen LogP contribution < -0.4 is 5.32 Å². The van der Waals surface area contributed by atoms with Crippen LogP contribution in [0.1, 0.15) is 22.9 Å². The molecule has 0 spiro atoms. The molecular weight excluding hydrogens is 326 g/mol. The summed E-state index contributed by atoms with van der Waals surface area (Å²) in [5.41, 5.74) is 2.37. The Morgan fingerprint density at radius 3 is 2.83 bits per heavy atom. The molecule has 0 radical (unpaired) electrons. The van der Waals surface area contributed by atoms with E-state index in [0.29, 0.717) is 23.7 Å². The van der Waals surface area contributed by atoms with Crippen LogP contribution in [0.2, 0.25) is 5.02 Å². The number of aromatic nitrogens is 1. The largest absolute Gasteiger partial charge is 0.352 e. The maximum absolute atomic E-state index is 12.8. The first-order chi connectivity index (χ1) is 11.6. The van der Waals surface area contributed by atoms with E-state index in [1.54, 1.807) is 29.3 Å². The maximum atomic E-state index is 12.8. The number of halogens is 1. The predicted octanol–water partition coefficient (Wildman–Crippen LogP) is 2.29. The Bertz CT molecular complexity index is 761. The number of hydrogen-bond donors (Lipinski definition) is 1. The molecule has 0 bridgehead atoms. The normalized spacial score (nSPS) is 17.5. The highest BCUT2D eigenvalue weighted by Gasteiger charge is 2.35. The first-order valence-electron chi connectivity index (χ1n) is 7.79. The summed E-state index contributed by atoms with van der Waals surface area (Å²) in [6, 6.07) is 10.2. The Hall–Kier alpha value is -2.40. The molecule has 0 aliphatic carbocycles. The second kappa shape index (κ2) is 7.01. The number of carbonyl (C=O) groups excluding carboxylic acids is 2. The molecule has 1 fully saturated rings. The minimum Gasteiger partial charge on any atom is -0.352 e. The van der Waals surface area contributed by atoms with Crippen LogP contribution in [0.5, 0.6) is 0 Å². The summed E-state index contributed by atoms with van der Waals surface area (Å²) < 4.78 is 0. The lowest BCUT2D eigenvalue weighted by Gasteiger charge is -2.35. The van der Waals surface area contributed by atoms with Gasteiger partial charge in [-0.15, -0.1) is 0 Å². The number of nitrogens with zero attached hydrogens (tertiary/aromatic N) is 2. The first-order valence-corrected chi connectivity index (χ1v) is 8.17. The zero-order valence-corrected chi connectivity index (χ0v) is 14.1. The SMILES string of the molecule is Cc1ccc(CC(=O)N2CCNC(=O)[C@@H]2c2ccccc2Cl)cn1. The van der Waals surface area contributed by atoms with Crippen molar-refractivity contribution in [3.05, 3.63) is 64.4 Å². The van der Waals surface area contributed by atoms with Gasteiger partial charge in [-0.05, 0) is 24.6 Å². The number of carbonyl (C=O) groups is 2. The predicted molar refractivity (Wildman–Crippen MR) is 91.6 cm³/mol. The Labute approximate surface area is 145 Å². The second-order valence-electron chi connectivity index (χ2n) is 5.79. The van der Waals surface area contributed by atoms with Gasteiger partial charge in [0.05, 0.1) is 6.42 Å². The van der Waals surface area contributed by atoms with Gasteiger partial charge >= 0.3 is 0 Å². The first kappa shape index (κ1) is 16.5. The molecule has 1 aliphatic heterocycles. The van der Waals surface area contributed by atoms with Gasteiger partial charge < -0.3 is 10.2 Å². The van der Waals surface area contributed by atoms with Gasteiger partial charge in [-0.1, -0.05) is 35.9 Å². The zero-order chi connectivity index (χ0) is 17.1. The van der Waals surface area contributed by atoms with Gasteiger partial charge in [0.2, 0.25) is 11.8 Å². The number of amides is 2. The molecule has 124 valence electrons. The van der Waals surface area contributed by atoms with Crippen LogP contribution in [0, 0.1) is 6.92 Å². The summed E-state index contributed by atoms with van der Waals surface area (Å²) in [4.78, 5) is 31.0. The average Bonchev–Trinajstić information content (AvgIpc) is 2.57. The molecule has 24 heavy (non-hydrogen) atoms. The maximum Gasteiger partial charge on any atom is 0.247 e. The molecule has 1 aromatic carbocycles. The van der Waals surface area contributed by atoms with Gasteiger partial charge in [-0.2, -0.15) is 0 Å². The highest BCUT2D eigenvalue weighted by molar-refractivity contribution is 6.31. The van der Waals surface area contributed by atoms with Crippen molar-refractivity contribution >= 4 is 23.4 Å². The van der Waals surface area contributed by atoms with Crippen molar-refractivity contribution in [1.82, 2.24) is 15.2 Å². The molecule has 2 heterocycles. The summed E-state index contributed by atoms with van der Waals surface area (Å²) in [5.74, 6) is -0.315. The van der Waals surface area contributed by atoms with Gasteiger partial charge in [0, 0.05) is 35.6 Å². The molecule has 1 aliphatic rings. The number of pyridine rings is 1. The number of hydrogen-bond acceptors (Lipinski definition) is 3. The van der Waals surface area contributed by atoms with Crippen LogP contribution in [-0.4, -0.2) is 34.8 Å². The third-order valence-corrected chi connectivity index (χ3v) is 4.40. The van der Waals surface area contributed by atoms with Crippen molar-refractivity contribution in [2.75, 3.05) is 13.1 Å². The highest BCUT2D eigenvalue weighted by Crippen LogP contribution is 2.29. The van der Waals surface area contributed by atoms with Gasteiger partial charge in [0.15, 0.2) is 0 Å². The van der Waals surface area contributed by atoms with Crippen LogP contribution in [0.4, 0.5) is 0 Å². The number of piperazine rings is 1. The van der Waals surface area contributed by atoms with E-state index in [9.17, 15) is 9.59 Å². The van der Waals surface area contributed by atoms with E-state index in [1.807, 2.05) is 25.1 Å². The molecule has 3 rings (SSSR count). The lowest BCUT2D eigenvalue weighted by Crippen LogP contribution is -2.52. The number of nitrogens with one attached hydrogen (secondary N) is 1. The van der Waals surface area contributed by atoms with Crippen LogP contribution >= 0.6 is 11.6 Å². The van der Waals surface area contributed by atoms with Gasteiger partial charge in [-0.3, -0.25) is 14.6 Å². The molecule has 6 heteroatoms. The van der Waals surface area contributed by atoms with E-state index in [4.69, 9.17) is 11.6 Å². The minimum atomic E-state index is -0.696. The number of rotatable bonds is 3. The second-order valence-corrected chi connectivity index (χ2v) is 6.19. The Morgan fingerprint density at radius 2 is 2.12 bits per heavy atom. The van der Waals surface area contributed by atoms with Crippen molar-refractivity contribution in [2.45, 2.75) is 19.4 Å². The van der Waals surface area contributed by atoms with Gasteiger partial charge in [0.1, 0.15) is 6.04 Å². The molecule has 1 aromatic heterocycles. The molecule has 2 aromatic rings. The molecule has 2 amide bonds. The fourth-order valence-electron chi connectivity index (χ4n) is 2.82. The average molecular weight is 344 g/mol. The quantitative estimate of drug-likeness (QED) is 0.930. The van der Waals surface area contributed by atoms with E-state index >= 15 is 0 Å². The summed E-state index contributed by atoms with van der Waals surface area (Å²) in [6.45, 7) is 2.80. The smallest absolute Gasteiger partial charge is 0.247 e.